The van der Waals surface area contributed by atoms with E-state index in [0.29, 0.717) is 5.75 Å². The van der Waals surface area contributed by atoms with Gasteiger partial charge in [0.2, 0.25) is 0 Å². The SMILES string of the molecule is CCCC[C@]1(C#N)CC[C@@H](C(=O)Oc2ccc(OC)cc2)CC1. The summed E-state index contributed by atoms with van der Waals surface area (Å²) in [6.07, 6.45) is 6.21. The maximum Gasteiger partial charge on any atom is 0.314 e. The number of carbonyl (C=O) groups is 1. The second-order valence-electron chi connectivity index (χ2n) is 6.37. The average molecular weight is 315 g/mol. The Balaban J connectivity index is 1.88. The Bertz CT molecular complexity index is 551. The lowest BCUT2D eigenvalue weighted by atomic mass is 9.69. The number of benzene rings is 1. The predicted octanol–water partition coefficient (Wildman–Crippen LogP) is 4.49. The molecule has 1 aliphatic rings. The minimum Gasteiger partial charge on any atom is -0.497 e. The van der Waals surface area contributed by atoms with Gasteiger partial charge in [-0.1, -0.05) is 19.8 Å². The van der Waals surface area contributed by atoms with E-state index in [9.17, 15) is 10.1 Å². The molecule has 1 aromatic carbocycles. The van der Waals surface area contributed by atoms with Gasteiger partial charge in [-0.15, -0.1) is 0 Å². The largest absolute Gasteiger partial charge is 0.497 e. The van der Waals surface area contributed by atoms with Gasteiger partial charge < -0.3 is 9.47 Å². The first-order valence-corrected chi connectivity index (χ1v) is 8.39. The number of carbonyl (C=O) groups excluding carboxylic acids is 1. The van der Waals surface area contributed by atoms with Gasteiger partial charge >= 0.3 is 5.97 Å². The standard InChI is InChI=1S/C19H25NO3/c1-3-4-11-19(14-20)12-9-15(10-13-19)18(21)23-17-7-5-16(22-2)6-8-17/h5-8,15H,3-4,9-13H2,1-2H3/t15-,19+. The Morgan fingerprint density at radius 3 is 2.39 bits per heavy atom. The van der Waals surface area contributed by atoms with E-state index in [-0.39, 0.29) is 17.3 Å². The molecule has 124 valence electrons. The van der Waals surface area contributed by atoms with Crippen LogP contribution in [0.5, 0.6) is 11.5 Å². The summed E-state index contributed by atoms with van der Waals surface area (Å²) >= 11 is 0. The fourth-order valence-electron chi connectivity index (χ4n) is 3.18. The van der Waals surface area contributed by atoms with Crippen LogP contribution in [-0.2, 0) is 4.79 Å². The zero-order valence-electron chi connectivity index (χ0n) is 14.0. The predicted molar refractivity (Wildman–Crippen MR) is 88.2 cm³/mol. The quantitative estimate of drug-likeness (QED) is 0.573. The van der Waals surface area contributed by atoms with Crippen molar-refractivity contribution in [1.82, 2.24) is 0 Å². The minimum atomic E-state index is -0.229. The van der Waals surface area contributed by atoms with Crippen molar-refractivity contribution in [2.24, 2.45) is 11.3 Å². The first kappa shape index (κ1) is 17.3. The highest BCUT2D eigenvalue weighted by molar-refractivity contribution is 5.75. The van der Waals surface area contributed by atoms with Gasteiger partial charge in [-0.25, -0.2) is 0 Å². The van der Waals surface area contributed by atoms with Gasteiger partial charge in [-0.2, -0.15) is 5.26 Å². The summed E-state index contributed by atoms with van der Waals surface area (Å²) in [4.78, 5) is 12.3. The monoisotopic (exact) mass is 315 g/mol. The molecule has 1 saturated carbocycles. The third-order valence-electron chi connectivity index (χ3n) is 4.80. The number of ether oxygens (including phenoxy) is 2. The lowest BCUT2D eigenvalue weighted by Gasteiger charge is -2.34. The van der Waals surface area contributed by atoms with Crippen LogP contribution in [0.15, 0.2) is 24.3 Å². The smallest absolute Gasteiger partial charge is 0.314 e. The Labute approximate surface area is 138 Å². The molecule has 1 fully saturated rings. The number of nitrogens with zero attached hydrogens (tertiary/aromatic N) is 1. The van der Waals surface area contributed by atoms with E-state index < -0.39 is 0 Å². The fourth-order valence-corrected chi connectivity index (χ4v) is 3.18. The molecule has 4 heteroatoms. The number of hydrogen-bond donors (Lipinski definition) is 0. The maximum atomic E-state index is 12.3. The van der Waals surface area contributed by atoms with E-state index in [1.165, 1.54) is 0 Å². The molecule has 0 aromatic heterocycles. The summed E-state index contributed by atoms with van der Waals surface area (Å²) < 4.78 is 10.5. The molecule has 0 amide bonds. The number of esters is 1. The Hall–Kier alpha value is -2.02. The van der Waals surface area contributed by atoms with Crippen LogP contribution < -0.4 is 9.47 Å². The van der Waals surface area contributed by atoms with E-state index in [1.54, 1.807) is 31.4 Å². The second kappa shape index (κ2) is 8.01. The summed E-state index contributed by atoms with van der Waals surface area (Å²) in [5, 5.41) is 9.50. The zero-order chi connectivity index (χ0) is 16.7. The van der Waals surface area contributed by atoms with Gasteiger partial charge in [0, 0.05) is 0 Å². The molecule has 1 aliphatic carbocycles. The van der Waals surface area contributed by atoms with Crippen LogP contribution in [0.1, 0.15) is 51.9 Å². The molecule has 0 unspecified atom stereocenters. The zero-order valence-corrected chi connectivity index (χ0v) is 14.0. The molecule has 0 bridgehead atoms. The summed E-state index contributed by atoms with van der Waals surface area (Å²) in [5.74, 6) is 0.994. The topological polar surface area (TPSA) is 59.3 Å². The molecule has 0 spiro atoms. The van der Waals surface area contributed by atoms with Crippen LogP contribution in [-0.4, -0.2) is 13.1 Å². The molecule has 0 saturated heterocycles. The van der Waals surface area contributed by atoms with Crippen LogP contribution in [0.25, 0.3) is 0 Å². The van der Waals surface area contributed by atoms with Crippen molar-refractivity contribution in [3.63, 3.8) is 0 Å². The molecule has 23 heavy (non-hydrogen) atoms. The first-order chi connectivity index (χ1) is 11.1. The van der Waals surface area contributed by atoms with Crippen LogP contribution in [0.3, 0.4) is 0 Å². The van der Waals surface area contributed by atoms with Crippen LogP contribution in [0.4, 0.5) is 0 Å². The Morgan fingerprint density at radius 1 is 1.26 bits per heavy atom. The molecular formula is C19H25NO3. The van der Waals surface area contributed by atoms with Crippen LogP contribution in [0.2, 0.25) is 0 Å². The van der Waals surface area contributed by atoms with Crippen molar-refractivity contribution in [2.45, 2.75) is 51.9 Å². The van der Waals surface area contributed by atoms with E-state index >= 15 is 0 Å². The van der Waals surface area contributed by atoms with Gasteiger partial charge in [0.05, 0.1) is 24.5 Å². The van der Waals surface area contributed by atoms with Gasteiger partial charge in [0.15, 0.2) is 0 Å². The molecule has 0 N–H and O–H groups in total. The van der Waals surface area contributed by atoms with Crippen molar-refractivity contribution in [1.29, 1.82) is 5.26 Å². The Morgan fingerprint density at radius 2 is 1.87 bits per heavy atom. The summed E-state index contributed by atoms with van der Waals surface area (Å²) in [6.45, 7) is 2.14. The highest BCUT2D eigenvalue weighted by Crippen LogP contribution is 2.42. The van der Waals surface area contributed by atoms with E-state index in [2.05, 4.69) is 13.0 Å². The van der Waals surface area contributed by atoms with E-state index in [0.717, 1.165) is 50.7 Å². The second-order valence-corrected chi connectivity index (χ2v) is 6.37. The molecule has 0 atom stereocenters. The van der Waals surface area contributed by atoms with Crippen molar-refractivity contribution in [2.75, 3.05) is 7.11 Å². The third kappa shape index (κ3) is 4.48. The van der Waals surface area contributed by atoms with Crippen LogP contribution in [0, 0.1) is 22.7 Å². The lowest BCUT2D eigenvalue weighted by Crippen LogP contribution is -2.31. The van der Waals surface area contributed by atoms with Crippen molar-refractivity contribution in [3.05, 3.63) is 24.3 Å². The molecule has 0 aliphatic heterocycles. The highest BCUT2D eigenvalue weighted by atomic mass is 16.5. The van der Waals surface area contributed by atoms with Crippen molar-refractivity contribution >= 4 is 5.97 Å². The summed E-state index contributed by atoms with van der Waals surface area (Å²) in [7, 11) is 1.60. The molecular weight excluding hydrogens is 290 g/mol. The number of nitriles is 1. The number of hydrogen-bond acceptors (Lipinski definition) is 4. The van der Waals surface area contributed by atoms with Crippen molar-refractivity contribution in [3.8, 4) is 17.6 Å². The average Bonchev–Trinajstić information content (AvgIpc) is 2.61. The normalized spacial score (nSPS) is 23.8. The van der Waals surface area contributed by atoms with E-state index in [4.69, 9.17) is 9.47 Å². The van der Waals surface area contributed by atoms with E-state index in [1.807, 2.05) is 0 Å². The minimum absolute atomic E-state index is 0.0970. The number of rotatable bonds is 6. The first-order valence-electron chi connectivity index (χ1n) is 8.39. The van der Waals surface area contributed by atoms with Gasteiger partial charge in [0.1, 0.15) is 11.5 Å². The summed E-state index contributed by atoms with van der Waals surface area (Å²) in [5.41, 5.74) is -0.229. The lowest BCUT2D eigenvalue weighted by molar-refractivity contribution is -0.140. The van der Waals surface area contributed by atoms with Gasteiger partial charge in [-0.3, -0.25) is 4.79 Å². The van der Waals surface area contributed by atoms with Crippen molar-refractivity contribution < 1.29 is 14.3 Å². The summed E-state index contributed by atoms with van der Waals surface area (Å²) in [6, 6.07) is 9.53. The third-order valence-corrected chi connectivity index (χ3v) is 4.80. The molecule has 0 radical (unpaired) electrons. The van der Waals surface area contributed by atoms with Gasteiger partial charge in [0.25, 0.3) is 0 Å². The van der Waals surface area contributed by atoms with Gasteiger partial charge in [-0.05, 0) is 56.4 Å². The maximum absolute atomic E-state index is 12.3. The molecule has 4 nitrogen and oxygen atoms in total. The highest BCUT2D eigenvalue weighted by Gasteiger charge is 2.37. The Kier molecular flexibility index (Phi) is 6.04. The molecule has 1 aromatic rings. The number of unbranched alkanes of at least 4 members (excludes halogenated alkanes) is 1. The van der Waals surface area contributed by atoms with Crippen LogP contribution >= 0.6 is 0 Å². The fraction of sp³-hybridized carbons (Fsp3) is 0.579. The molecule has 0 heterocycles. The number of methoxy groups -OCH3 is 1. The molecule has 2 rings (SSSR count).